The van der Waals surface area contributed by atoms with Crippen LogP contribution in [0.1, 0.15) is 62.5 Å². The summed E-state index contributed by atoms with van der Waals surface area (Å²) in [4.78, 5) is 22.0. The van der Waals surface area contributed by atoms with Gasteiger partial charge < -0.3 is 0 Å². The molecule has 152 valence electrons. The Balaban J connectivity index is 1.76. The van der Waals surface area contributed by atoms with Gasteiger partial charge in [0.15, 0.2) is 0 Å². The summed E-state index contributed by atoms with van der Waals surface area (Å²) in [6.45, 7) is 0. The lowest BCUT2D eigenvalue weighted by Crippen LogP contribution is -2.28. The number of hydrogen-bond acceptors (Lipinski definition) is 5. The zero-order valence-corrected chi connectivity index (χ0v) is 17.0. The van der Waals surface area contributed by atoms with Gasteiger partial charge in [0.1, 0.15) is 0 Å². The summed E-state index contributed by atoms with van der Waals surface area (Å²) in [5, 5.41) is 22.7. The number of hydrogen-bond donors (Lipinski definition) is 0. The van der Waals surface area contributed by atoms with Crippen molar-refractivity contribution < 1.29 is 9.85 Å². The quantitative estimate of drug-likeness (QED) is 0.400. The van der Waals surface area contributed by atoms with Crippen LogP contribution in [0.25, 0.3) is 0 Å². The maximum Gasteiger partial charge on any atom is 0.269 e. The highest BCUT2D eigenvalue weighted by Gasteiger charge is 2.47. The van der Waals surface area contributed by atoms with E-state index in [0.717, 1.165) is 62.5 Å². The van der Waals surface area contributed by atoms with Crippen LogP contribution in [0, 0.1) is 20.2 Å². The van der Waals surface area contributed by atoms with Crippen molar-refractivity contribution in [2.75, 3.05) is 0 Å². The summed E-state index contributed by atoms with van der Waals surface area (Å²) in [5.41, 5.74) is 2.30. The molecule has 2 aliphatic rings. The highest BCUT2D eigenvalue weighted by Crippen LogP contribution is 2.62. The fraction of sp³-hybridized carbons (Fsp3) is 0.455. The number of non-ortho nitro benzene ring substituents is 2. The van der Waals surface area contributed by atoms with Crippen LogP contribution >= 0.6 is 11.8 Å². The Hall–Kier alpha value is -2.41. The van der Waals surface area contributed by atoms with Crippen LogP contribution in [0.3, 0.4) is 0 Å². The van der Waals surface area contributed by atoms with Crippen LogP contribution in [-0.2, 0) is 9.49 Å². The zero-order chi connectivity index (χ0) is 20.5. The zero-order valence-electron chi connectivity index (χ0n) is 16.2. The van der Waals surface area contributed by atoms with Gasteiger partial charge >= 0.3 is 0 Å². The third-order valence-corrected chi connectivity index (χ3v) is 8.45. The predicted octanol–water partition coefficient (Wildman–Crippen LogP) is 6.48. The molecule has 7 heteroatoms. The molecule has 29 heavy (non-hydrogen) atoms. The minimum atomic E-state index is -0.331. The van der Waals surface area contributed by atoms with Gasteiger partial charge in [-0.25, -0.2) is 0 Å². The van der Waals surface area contributed by atoms with Crippen molar-refractivity contribution >= 4 is 23.1 Å². The van der Waals surface area contributed by atoms with Gasteiger partial charge in [-0.1, -0.05) is 49.9 Å². The monoisotopic (exact) mass is 412 g/mol. The largest absolute Gasteiger partial charge is 0.269 e. The van der Waals surface area contributed by atoms with Gasteiger partial charge in [-0.15, -0.1) is 11.8 Å². The summed E-state index contributed by atoms with van der Waals surface area (Å²) in [5.74, 6) is 0. The first-order valence-electron chi connectivity index (χ1n) is 10.1. The van der Waals surface area contributed by atoms with Crippen molar-refractivity contribution in [1.82, 2.24) is 0 Å². The van der Waals surface area contributed by atoms with Crippen molar-refractivity contribution in [3.05, 3.63) is 79.9 Å². The van der Waals surface area contributed by atoms with Crippen LogP contribution in [0.4, 0.5) is 11.4 Å². The molecular formula is C22H24N2O4S. The smallest absolute Gasteiger partial charge is 0.258 e. The molecule has 2 fully saturated rings. The van der Waals surface area contributed by atoms with Crippen LogP contribution in [0.15, 0.2) is 48.5 Å². The molecule has 0 spiro atoms. The molecule has 2 aliphatic carbocycles. The van der Waals surface area contributed by atoms with Crippen molar-refractivity contribution in [1.29, 1.82) is 0 Å². The van der Waals surface area contributed by atoms with E-state index in [1.165, 1.54) is 0 Å². The topological polar surface area (TPSA) is 86.3 Å². The van der Waals surface area contributed by atoms with Crippen LogP contribution in [-0.4, -0.2) is 9.85 Å². The number of nitro benzene ring substituents is 2. The van der Waals surface area contributed by atoms with E-state index in [1.807, 2.05) is 23.9 Å². The molecule has 0 N–H and O–H groups in total. The number of nitrogens with zero attached hydrogens (tertiary/aromatic N) is 2. The Morgan fingerprint density at radius 2 is 1.07 bits per heavy atom. The molecular weight excluding hydrogens is 388 g/mol. The van der Waals surface area contributed by atoms with Gasteiger partial charge in [-0.3, -0.25) is 20.2 Å². The van der Waals surface area contributed by atoms with Gasteiger partial charge in [0.25, 0.3) is 11.4 Å². The third kappa shape index (κ3) is 3.75. The maximum atomic E-state index is 11.3. The highest BCUT2D eigenvalue weighted by atomic mass is 32.2. The van der Waals surface area contributed by atoms with Gasteiger partial charge in [-0.05, 0) is 36.8 Å². The van der Waals surface area contributed by atoms with Crippen molar-refractivity contribution in [3.63, 3.8) is 0 Å². The van der Waals surface area contributed by atoms with E-state index in [2.05, 4.69) is 0 Å². The van der Waals surface area contributed by atoms with E-state index < -0.39 is 0 Å². The van der Waals surface area contributed by atoms with Crippen molar-refractivity contribution in [2.24, 2.45) is 0 Å². The molecule has 6 nitrogen and oxygen atoms in total. The van der Waals surface area contributed by atoms with Crippen molar-refractivity contribution in [3.8, 4) is 0 Å². The fourth-order valence-electron chi connectivity index (χ4n) is 4.97. The molecule has 2 aromatic carbocycles. The Morgan fingerprint density at radius 1 is 0.690 bits per heavy atom. The molecule has 0 aromatic heterocycles. The second kappa shape index (κ2) is 7.78. The van der Waals surface area contributed by atoms with Crippen LogP contribution < -0.4 is 0 Å². The number of benzene rings is 2. The van der Waals surface area contributed by atoms with E-state index >= 15 is 0 Å². The Morgan fingerprint density at radius 3 is 1.41 bits per heavy atom. The SMILES string of the molecule is O=[N+]([O-])c1cccc(C2(SC3(c4cccc([N+](=O)[O-])c4)CCCC3)CCCC2)c1. The minimum absolute atomic E-state index is 0.130. The van der Waals surface area contributed by atoms with E-state index in [1.54, 1.807) is 36.4 Å². The van der Waals surface area contributed by atoms with Gasteiger partial charge in [0.2, 0.25) is 0 Å². The third-order valence-electron chi connectivity index (χ3n) is 6.38. The molecule has 0 heterocycles. The Kier molecular flexibility index (Phi) is 5.34. The molecule has 4 rings (SSSR count). The summed E-state index contributed by atoms with van der Waals surface area (Å²) in [6.07, 6.45) is 8.32. The first-order chi connectivity index (χ1) is 13.9. The summed E-state index contributed by atoms with van der Waals surface area (Å²) < 4.78 is -0.359. The van der Waals surface area contributed by atoms with Gasteiger partial charge in [-0.2, -0.15) is 0 Å². The van der Waals surface area contributed by atoms with E-state index in [9.17, 15) is 20.2 Å². The maximum absolute atomic E-state index is 11.3. The lowest BCUT2D eigenvalue weighted by Gasteiger charge is -2.40. The molecule has 0 aliphatic heterocycles. The average molecular weight is 413 g/mol. The minimum Gasteiger partial charge on any atom is -0.258 e. The molecule has 2 saturated carbocycles. The van der Waals surface area contributed by atoms with Crippen LogP contribution in [0.5, 0.6) is 0 Å². The molecule has 0 bridgehead atoms. The average Bonchev–Trinajstić information content (AvgIpc) is 3.40. The predicted molar refractivity (Wildman–Crippen MR) is 114 cm³/mol. The molecule has 0 unspecified atom stereocenters. The van der Waals surface area contributed by atoms with Gasteiger partial charge in [0, 0.05) is 33.8 Å². The number of thioether (sulfide) groups is 1. The first kappa shape index (κ1) is 19.9. The molecule has 0 atom stereocenters. The highest BCUT2D eigenvalue weighted by molar-refractivity contribution is 8.01. The van der Waals surface area contributed by atoms with Crippen molar-refractivity contribution in [2.45, 2.75) is 60.9 Å². The molecule has 0 amide bonds. The number of rotatable bonds is 6. The summed E-state index contributed by atoms with van der Waals surface area (Å²) in [7, 11) is 0. The first-order valence-corrected chi connectivity index (χ1v) is 11.0. The molecule has 2 aromatic rings. The fourth-order valence-corrected chi connectivity index (χ4v) is 7.19. The Labute approximate surface area is 174 Å². The van der Waals surface area contributed by atoms with E-state index in [0.29, 0.717) is 0 Å². The summed E-state index contributed by atoms with van der Waals surface area (Å²) in [6, 6.07) is 14.1. The second-order valence-corrected chi connectivity index (χ2v) is 9.89. The summed E-state index contributed by atoms with van der Waals surface area (Å²) >= 11 is 1.91. The normalized spacial score (nSPS) is 19.9. The molecule has 0 saturated heterocycles. The lowest BCUT2D eigenvalue weighted by molar-refractivity contribution is -0.385. The van der Waals surface area contributed by atoms with E-state index in [-0.39, 0.29) is 30.7 Å². The number of nitro groups is 2. The lowest BCUT2D eigenvalue weighted by atomic mass is 9.94. The van der Waals surface area contributed by atoms with Gasteiger partial charge in [0.05, 0.1) is 9.85 Å². The molecule has 0 radical (unpaired) electrons. The van der Waals surface area contributed by atoms with Crippen LogP contribution in [0.2, 0.25) is 0 Å². The standard InChI is InChI=1S/C22H24N2O4S/c25-23(26)19-9-5-7-17(15-19)21(11-1-2-12-21)29-22(13-3-4-14-22)18-8-6-10-20(16-18)24(27)28/h5-10,15-16H,1-4,11-14H2. The second-order valence-electron chi connectivity index (χ2n) is 8.12. The van der Waals surface area contributed by atoms with E-state index in [4.69, 9.17) is 0 Å². The Bertz CT molecular complexity index is 858.